The summed E-state index contributed by atoms with van der Waals surface area (Å²) in [6.45, 7) is 3.98. The molecule has 0 amide bonds. The molecule has 2 aromatic carbocycles. The molecule has 0 spiro atoms. The lowest BCUT2D eigenvalue weighted by Gasteiger charge is -2.28. The van der Waals surface area contributed by atoms with E-state index in [9.17, 15) is 8.94 Å². The van der Waals surface area contributed by atoms with Gasteiger partial charge in [-0.05, 0) is 48.8 Å². The Morgan fingerprint density at radius 3 is 2.33 bits per heavy atom. The summed E-state index contributed by atoms with van der Waals surface area (Å²) in [5, 5.41) is 0. The molecule has 1 aromatic heterocycles. The molecule has 27 heavy (non-hydrogen) atoms. The minimum Gasteiger partial charge on any atom is -0.611 e. The first-order valence-corrected chi connectivity index (χ1v) is 9.57. The second kappa shape index (κ2) is 7.64. The van der Waals surface area contributed by atoms with Gasteiger partial charge < -0.3 is 16.0 Å². The number of hydrogen-bond donors (Lipinski definition) is 2. The van der Waals surface area contributed by atoms with Gasteiger partial charge in [0.25, 0.3) is 0 Å². The van der Waals surface area contributed by atoms with Crippen LogP contribution < -0.4 is 11.5 Å². The average Bonchev–Trinajstić information content (AvgIpc) is 2.68. The SMILES string of the molecule is CC(C)(CN)[S+]([O-])c1ccccc1-c1ccc(-c2cnc(N)nc2)c(F)c1. The van der Waals surface area contributed by atoms with Gasteiger partial charge in [-0.1, -0.05) is 24.3 Å². The molecule has 0 radical (unpaired) electrons. The van der Waals surface area contributed by atoms with E-state index >= 15 is 0 Å². The van der Waals surface area contributed by atoms with E-state index in [1.807, 2.05) is 32.0 Å². The standard InChI is InChI=1S/C20H21FN4OS/c1-20(2,12-22)27(26)18-6-4-3-5-16(18)13-7-8-15(17(21)9-13)14-10-24-19(23)25-11-14/h3-11H,12,22H2,1-2H3,(H2,23,24,25). The lowest BCUT2D eigenvalue weighted by molar-refractivity contribution is 0.548. The molecule has 0 aliphatic carbocycles. The van der Waals surface area contributed by atoms with Gasteiger partial charge in [-0.3, -0.25) is 0 Å². The zero-order chi connectivity index (χ0) is 19.6. The fourth-order valence-electron chi connectivity index (χ4n) is 2.63. The highest BCUT2D eigenvalue weighted by atomic mass is 32.2. The van der Waals surface area contributed by atoms with E-state index in [0.29, 0.717) is 21.6 Å². The number of hydrogen-bond acceptors (Lipinski definition) is 5. The smallest absolute Gasteiger partial charge is 0.219 e. The van der Waals surface area contributed by atoms with Gasteiger partial charge in [0.05, 0.1) is 0 Å². The normalized spacial score (nSPS) is 12.8. The van der Waals surface area contributed by atoms with Gasteiger partial charge in [0.15, 0.2) is 4.90 Å². The highest BCUT2D eigenvalue weighted by Gasteiger charge is 2.34. The first-order valence-electron chi connectivity index (χ1n) is 8.42. The molecular formula is C20H21FN4OS. The summed E-state index contributed by atoms with van der Waals surface area (Å²) < 4.78 is 27.2. The number of rotatable bonds is 5. The molecule has 0 saturated carbocycles. The first kappa shape index (κ1) is 19.3. The summed E-state index contributed by atoms with van der Waals surface area (Å²) >= 11 is -1.34. The molecule has 0 saturated heterocycles. The van der Waals surface area contributed by atoms with Gasteiger partial charge in [0, 0.05) is 35.6 Å². The predicted molar refractivity (Wildman–Crippen MR) is 107 cm³/mol. The van der Waals surface area contributed by atoms with Gasteiger partial charge in [0.2, 0.25) is 5.95 Å². The van der Waals surface area contributed by atoms with Crippen molar-refractivity contribution in [1.29, 1.82) is 0 Å². The Labute approximate surface area is 160 Å². The monoisotopic (exact) mass is 384 g/mol. The predicted octanol–water partition coefficient (Wildman–Crippen LogP) is 3.38. The zero-order valence-electron chi connectivity index (χ0n) is 15.1. The number of aromatic nitrogens is 2. The Kier molecular flexibility index (Phi) is 5.46. The number of nitrogen functional groups attached to an aromatic ring is 1. The first-order chi connectivity index (χ1) is 12.8. The quantitative estimate of drug-likeness (QED) is 0.657. The number of nitrogens with zero attached hydrogens (tertiary/aromatic N) is 2. The summed E-state index contributed by atoms with van der Waals surface area (Å²) in [6, 6.07) is 12.2. The fourth-order valence-corrected chi connectivity index (χ4v) is 3.97. The summed E-state index contributed by atoms with van der Waals surface area (Å²) in [4.78, 5) is 8.43. The Bertz CT molecular complexity index is 947. The Balaban J connectivity index is 2.03. The third-order valence-corrected chi connectivity index (χ3v) is 6.27. The largest absolute Gasteiger partial charge is 0.611 e. The zero-order valence-corrected chi connectivity index (χ0v) is 16.0. The van der Waals surface area contributed by atoms with Crippen LogP contribution in [0, 0.1) is 5.82 Å². The minimum atomic E-state index is -1.34. The molecule has 1 unspecified atom stereocenters. The van der Waals surface area contributed by atoms with E-state index in [4.69, 9.17) is 11.5 Å². The molecule has 5 nitrogen and oxygen atoms in total. The maximum atomic E-state index is 14.8. The number of nitrogens with two attached hydrogens (primary N) is 2. The number of halogens is 1. The van der Waals surface area contributed by atoms with Gasteiger partial charge in [0.1, 0.15) is 10.6 Å². The van der Waals surface area contributed by atoms with Gasteiger partial charge in [-0.2, -0.15) is 0 Å². The summed E-state index contributed by atoms with van der Waals surface area (Å²) in [5.41, 5.74) is 13.5. The molecule has 1 heterocycles. The van der Waals surface area contributed by atoms with Crippen molar-refractivity contribution < 1.29 is 8.94 Å². The topological polar surface area (TPSA) is 101 Å². The third-order valence-electron chi connectivity index (χ3n) is 4.34. The Hall–Kier alpha value is -2.48. The third kappa shape index (κ3) is 3.95. The van der Waals surface area contributed by atoms with Crippen molar-refractivity contribution in [3.05, 3.63) is 60.7 Å². The van der Waals surface area contributed by atoms with Crippen LogP contribution in [0.3, 0.4) is 0 Å². The molecular weight excluding hydrogens is 363 g/mol. The van der Waals surface area contributed by atoms with Crippen molar-refractivity contribution >= 4 is 17.1 Å². The molecule has 7 heteroatoms. The van der Waals surface area contributed by atoms with E-state index in [-0.39, 0.29) is 12.5 Å². The van der Waals surface area contributed by atoms with Crippen molar-refractivity contribution in [3.8, 4) is 22.3 Å². The van der Waals surface area contributed by atoms with Crippen LogP contribution >= 0.6 is 0 Å². The molecule has 4 N–H and O–H groups in total. The lowest BCUT2D eigenvalue weighted by Crippen LogP contribution is -2.39. The van der Waals surface area contributed by atoms with Crippen molar-refractivity contribution in [2.24, 2.45) is 5.73 Å². The van der Waals surface area contributed by atoms with Gasteiger partial charge in [-0.15, -0.1) is 0 Å². The lowest BCUT2D eigenvalue weighted by atomic mass is 10.0. The van der Waals surface area contributed by atoms with Crippen LogP contribution in [0.15, 0.2) is 59.8 Å². The maximum Gasteiger partial charge on any atom is 0.219 e. The highest BCUT2D eigenvalue weighted by Crippen LogP contribution is 2.35. The second-order valence-electron chi connectivity index (χ2n) is 6.75. The second-order valence-corrected chi connectivity index (χ2v) is 8.84. The van der Waals surface area contributed by atoms with Crippen LogP contribution in [-0.4, -0.2) is 25.8 Å². The summed E-state index contributed by atoms with van der Waals surface area (Å²) in [7, 11) is 0. The summed E-state index contributed by atoms with van der Waals surface area (Å²) in [5.74, 6) is -0.283. The van der Waals surface area contributed by atoms with Crippen LogP contribution in [0.25, 0.3) is 22.3 Å². The maximum absolute atomic E-state index is 14.8. The van der Waals surface area contributed by atoms with Crippen LogP contribution in [0.2, 0.25) is 0 Å². The van der Waals surface area contributed by atoms with E-state index in [2.05, 4.69) is 9.97 Å². The van der Waals surface area contributed by atoms with E-state index in [0.717, 1.165) is 5.56 Å². The molecule has 3 aromatic rings. The van der Waals surface area contributed by atoms with Crippen LogP contribution in [0.4, 0.5) is 10.3 Å². The van der Waals surface area contributed by atoms with Crippen molar-refractivity contribution in [1.82, 2.24) is 9.97 Å². The summed E-state index contributed by atoms with van der Waals surface area (Å²) in [6.07, 6.45) is 2.96. The molecule has 0 aliphatic heterocycles. The van der Waals surface area contributed by atoms with E-state index in [1.165, 1.54) is 18.5 Å². The average molecular weight is 384 g/mol. The van der Waals surface area contributed by atoms with Gasteiger partial charge in [-0.25, -0.2) is 14.4 Å². The number of benzene rings is 2. The Morgan fingerprint density at radius 2 is 1.70 bits per heavy atom. The van der Waals surface area contributed by atoms with E-state index in [1.54, 1.807) is 18.2 Å². The highest BCUT2D eigenvalue weighted by molar-refractivity contribution is 7.93. The Morgan fingerprint density at radius 1 is 1.04 bits per heavy atom. The minimum absolute atomic E-state index is 0.134. The van der Waals surface area contributed by atoms with Crippen LogP contribution in [0.1, 0.15) is 13.8 Å². The molecule has 3 rings (SSSR count). The van der Waals surface area contributed by atoms with Crippen LogP contribution in [-0.2, 0) is 11.2 Å². The number of anilines is 1. The molecule has 1 atom stereocenters. The molecule has 140 valence electrons. The van der Waals surface area contributed by atoms with E-state index < -0.39 is 21.7 Å². The molecule has 0 fully saturated rings. The van der Waals surface area contributed by atoms with Crippen molar-refractivity contribution in [2.45, 2.75) is 23.5 Å². The van der Waals surface area contributed by atoms with Crippen molar-refractivity contribution in [2.75, 3.05) is 12.3 Å². The fraction of sp³-hybridized carbons (Fsp3) is 0.200. The van der Waals surface area contributed by atoms with Crippen LogP contribution in [0.5, 0.6) is 0 Å². The molecule has 0 aliphatic rings. The van der Waals surface area contributed by atoms with Crippen molar-refractivity contribution in [3.63, 3.8) is 0 Å². The van der Waals surface area contributed by atoms with Gasteiger partial charge >= 0.3 is 0 Å². The molecule has 0 bridgehead atoms.